The van der Waals surface area contributed by atoms with Crippen LogP contribution in [-0.2, 0) is 4.79 Å². The van der Waals surface area contributed by atoms with Crippen molar-refractivity contribution in [1.29, 1.82) is 0 Å². The Bertz CT molecular complexity index is 798. The van der Waals surface area contributed by atoms with Gasteiger partial charge in [0.1, 0.15) is 17.3 Å². The van der Waals surface area contributed by atoms with Crippen molar-refractivity contribution in [2.24, 2.45) is 10.8 Å². The van der Waals surface area contributed by atoms with Gasteiger partial charge in [0, 0.05) is 10.8 Å². The molecule has 5 rings (SSSR count). The summed E-state index contributed by atoms with van der Waals surface area (Å²) in [7, 11) is 3.38. The number of methoxy groups -OCH3 is 2. The first kappa shape index (κ1) is 16.9. The summed E-state index contributed by atoms with van der Waals surface area (Å²) in [5.74, 6) is 3.08. The molecule has 0 radical (unpaired) electrons. The fourth-order valence-electron chi connectivity index (χ4n) is 5.65. The SMILES string of the molecule is COc1ccc([C@H]2C[C@]23CCC[C@@]2(C[C@@H]2c2ccc(OC)cc2)C3=O)cc1. The van der Waals surface area contributed by atoms with Gasteiger partial charge in [0.15, 0.2) is 0 Å². The number of Topliss-reactive ketones (excluding diaryl/α,β-unsaturated/α-hetero) is 1. The van der Waals surface area contributed by atoms with E-state index in [4.69, 9.17) is 9.47 Å². The molecule has 0 heterocycles. The molecule has 0 unspecified atom stereocenters. The summed E-state index contributed by atoms with van der Waals surface area (Å²) < 4.78 is 10.5. The van der Waals surface area contributed by atoms with Crippen LogP contribution in [0.4, 0.5) is 0 Å². The minimum absolute atomic E-state index is 0.103. The second-order valence-electron chi connectivity index (χ2n) is 8.55. The lowest BCUT2D eigenvalue weighted by atomic mass is 9.72. The molecular weight excluding hydrogens is 336 g/mol. The lowest BCUT2D eigenvalue weighted by Crippen LogP contribution is -2.33. The highest BCUT2D eigenvalue weighted by atomic mass is 16.5. The van der Waals surface area contributed by atoms with Crippen molar-refractivity contribution < 1.29 is 14.3 Å². The summed E-state index contributed by atoms with van der Waals surface area (Å²) in [5.41, 5.74) is 2.38. The van der Waals surface area contributed by atoms with Gasteiger partial charge < -0.3 is 9.47 Å². The smallest absolute Gasteiger partial charge is 0.146 e. The molecule has 3 heteroatoms. The summed E-state index contributed by atoms with van der Waals surface area (Å²) >= 11 is 0. The molecule has 0 amide bonds. The molecule has 0 aliphatic heterocycles. The van der Waals surface area contributed by atoms with Gasteiger partial charge in [0.05, 0.1) is 14.2 Å². The summed E-state index contributed by atoms with van der Waals surface area (Å²) in [6, 6.07) is 16.6. The standard InChI is InChI=1S/C24H26O3/c1-26-18-8-4-16(5-9-18)20-14-23(20)12-3-13-24(22(23)25)15-21(24)17-6-10-19(27-2)11-7-17/h4-11,20-21H,3,12-15H2,1-2H3/t20-,21-,23-,24+/m1/s1. The van der Waals surface area contributed by atoms with Crippen LogP contribution < -0.4 is 9.47 Å². The van der Waals surface area contributed by atoms with Crippen LogP contribution in [0.2, 0.25) is 0 Å². The average molecular weight is 362 g/mol. The Morgan fingerprint density at radius 3 is 1.52 bits per heavy atom. The van der Waals surface area contributed by atoms with Gasteiger partial charge in [-0.2, -0.15) is 0 Å². The summed E-state index contributed by atoms with van der Waals surface area (Å²) in [5, 5.41) is 0. The second kappa shape index (κ2) is 5.85. The fraction of sp³-hybridized carbons (Fsp3) is 0.458. The van der Waals surface area contributed by atoms with Gasteiger partial charge in [-0.1, -0.05) is 30.7 Å². The van der Waals surface area contributed by atoms with E-state index >= 15 is 0 Å². The van der Waals surface area contributed by atoms with Crippen LogP contribution in [0.1, 0.15) is 55.1 Å². The number of rotatable bonds is 4. The average Bonchev–Trinajstić information content (AvgIpc) is 3.62. The van der Waals surface area contributed by atoms with Gasteiger partial charge in [0.2, 0.25) is 0 Å². The molecule has 27 heavy (non-hydrogen) atoms. The van der Waals surface area contributed by atoms with E-state index in [0.29, 0.717) is 17.6 Å². The largest absolute Gasteiger partial charge is 0.497 e. The third-order valence-corrected chi connectivity index (χ3v) is 7.34. The Kier molecular flexibility index (Phi) is 3.65. The van der Waals surface area contributed by atoms with Crippen molar-refractivity contribution >= 4 is 5.78 Å². The maximum atomic E-state index is 13.7. The first-order chi connectivity index (χ1) is 13.1. The lowest BCUT2D eigenvalue weighted by molar-refractivity contribution is -0.132. The molecule has 0 saturated heterocycles. The van der Waals surface area contributed by atoms with Crippen LogP contribution >= 0.6 is 0 Å². The highest BCUT2D eigenvalue weighted by molar-refractivity contribution is 5.98. The maximum Gasteiger partial charge on any atom is 0.146 e. The number of benzene rings is 2. The van der Waals surface area contributed by atoms with Crippen LogP contribution in [0.5, 0.6) is 11.5 Å². The van der Waals surface area contributed by atoms with Gasteiger partial charge in [-0.25, -0.2) is 0 Å². The number of ether oxygens (including phenoxy) is 2. The highest BCUT2D eigenvalue weighted by Crippen LogP contribution is 2.75. The maximum absolute atomic E-state index is 13.7. The molecule has 0 bridgehead atoms. The van der Waals surface area contributed by atoms with E-state index < -0.39 is 0 Å². The Morgan fingerprint density at radius 1 is 0.741 bits per heavy atom. The van der Waals surface area contributed by atoms with Crippen LogP contribution in [-0.4, -0.2) is 20.0 Å². The molecule has 3 nitrogen and oxygen atoms in total. The minimum atomic E-state index is -0.103. The Morgan fingerprint density at radius 2 is 1.15 bits per heavy atom. The van der Waals surface area contributed by atoms with Gasteiger partial charge in [-0.15, -0.1) is 0 Å². The van der Waals surface area contributed by atoms with Crippen molar-refractivity contribution in [3.05, 3.63) is 59.7 Å². The first-order valence-corrected chi connectivity index (χ1v) is 9.96. The molecule has 0 N–H and O–H groups in total. The summed E-state index contributed by atoms with van der Waals surface area (Å²) in [4.78, 5) is 13.7. The second-order valence-corrected chi connectivity index (χ2v) is 8.55. The van der Waals surface area contributed by atoms with Crippen molar-refractivity contribution in [1.82, 2.24) is 0 Å². The van der Waals surface area contributed by atoms with Gasteiger partial charge in [0.25, 0.3) is 0 Å². The number of hydrogen-bond acceptors (Lipinski definition) is 3. The number of carbonyl (C=O) groups is 1. The lowest BCUT2D eigenvalue weighted by Gasteiger charge is -2.30. The summed E-state index contributed by atoms with van der Waals surface area (Å²) in [6.07, 6.45) is 5.33. The van der Waals surface area contributed by atoms with E-state index in [9.17, 15) is 4.79 Å². The van der Waals surface area contributed by atoms with E-state index in [-0.39, 0.29) is 10.8 Å². The minimum Gasteiger partial charge on any atom is -0.497 e. The van der Waals surface area contributed by atoms with Gasteiger partial charge >= 0.3 is 0 Å². The van der Waals surface area contributed by atoms with Gasteiger partial charge in [-0.05, 0) is 72.9 Å². The molecule has 3 aliphatic carbocycles. The molecule has 2 aromatic rings. The van der Waals surface area contributed by atoms with E-state index in [2.05, 4.69) is 24.3 Å². The fourth-order valence-corrected chi connectivity index (χ4v) is 5.65. The Balaban J connectivity index is 1.37. The zero-order valence-electron chi connectivity index (χ0n) is 16.0. The molecule has 4 atom stereocenters. The molecule has 2 spiro atoms. The van der Waals surface area contributed by atoms with Crippen LogP contribution in [0.25, 0.3) is 0 Å². The predicted octanol–water partition coefficient (Wildman–Crippen LogP) is 5.10. The molecule has 3 fully saturated rings. The van der Waals surface area contributed by atoms with Gasteiger partial charge in [-0.3, -0.25) is 4.79 Å². The van der Waals surface area contributed by atoms with E-state index in [0.717, 1.165) is 37.2 Å². The van der Waals surface area contributed by atoms with Crippen LogP contribution in [0, 0.1) is 10.8 Å². The number of carbonyl (C=O) groups excluding carboxylic acids is 1. The van der Waals surface area contributed by atoms with E-state index in [1.807, 2.05) is 24.3 Å². The molecular formula is C24H26O3. The Labute approximate surface area is 160 Å². The molecule has 2 aromatic carbocycles. The van der Waals surface area contributed by atoms with Crippen LogP contribution in [0.15, 0.2) is 48.5 Å². The van der Waals surface area contributed by atoms with Crippen molar-refractivity contribution in [2.45, 2.75) is 43.9 Å². The van der Waals surface area contributed by atoms with Crippen molar-refractivity contribution in [3.8, 4) is 11.5 Å². The zero-order valence-corrected chi connectivity index (χ0v) is 16.0. The monoisotopic (exact) mass is 362 g/mol. The normalized spacial score (nSPS) is 33.9. The highest BCUT2D eigenvalue weighted by Gasteiger charge is 2.72. The molecule has 140 valence electrons. The third kappa shape index (κ3) is 2.44. The third-order valence-electron chi connectivity index (χ3n) is 7.34. The first-order valence-electron chi connectivity index (χ1n) is 9.96. The summed E-state index contributed by atoms with van der Waals surface area (Å²) in [6.45, 7) is 0. The van der Waals surface area contributed by atoms with Crippen molar-refractivity contribution in [2.75, 3.05) is 14.2 Å². The number of ketones is 1. The molecule has 3 saturated carbocycles. The zero-order chi connectivity index (χ0) is 18.6. The topological polar surface area (TPSA) is 35.5 Å². The van der Waals surface area contributed by atoms with E-state index in [1.165, 1.54) is 17.5 Å². The molecule has 3 aliphatic rings. The predicted molar refractivity (Wildman–Crippen MR) is 104 cm³/mol. The number of hydrogen-bond donors (Lipinski definition) is 0. The van der Waals surface area contributed by atoms with E-state index in [1.54, 1.807) is 14.2 Å². The Hall–Kier alpha value is -2.29. The molecule has 0 aromatic heterocycles. The van der Waals surface area contributed by atoms with Crippen LogP contribution in [0.3, 0.4) is 0 Å². The quantitative estimate of drug-likeness (QED) is 0.759. The van der Waals surface area contributed by atoms with Crippen molar-refractivity contribution in [3.63, 3.8) is 0 Å².